The van der Waals surface area contributed by atoms with E-state index in [9.17, 15) is 0 Å². The maximum Gasteiger partial charge on any atom is 0.165 e. The van der Waals surface area contributed by atoms with Crippen LogP contribution in [-0.2, 0) is 0 Å². The third-order valence-corrected chi connectivity index (χ3v) is 2.26. The van der Waals surface area contributed by atoms with Crippen LogP contribution in [0.2, 0.25) is 0 Å². The van der Waals surface area contributed by atoms with Gasteiger partial charge in [-0.1, -0.05) is 0 Å². The zero-order chi connectivity index (χ0) is 7.84. The molecule has 0 radical (unpaired) electrons. The fraction of sp³-hybridized carbons (Fsp3) is 0. The molecule has 2 N–H and O–H groups in total. The lowest BCUT2D eigenvalue weighted by Crippen LogP contribution is -1.87. The first-order valence-corrected chi connectivity index (χ1v) is 3.82. The SMILES string of the molecule is N#Cc1c(N)nn2ccsc12. The highest BCUT2D eigenvalue weighted by Crippen LogP contribution is 2.20. The predicted octanol–water partition coefficient (Wildman–Crippen LogP) is 0.850. The highest BCUT2D eigenvalue weighted by Gasteiger charge is 2.08. The molecular weight excluding hydrogens is 160 g/mol. The average molecular weight is 164 g/mol. The zero-order valence-corrected chi connectivity index (χ0v) is 6.30. The molecule has 0 aromatic carbocycles. The second-order valence-electron chi connectivity index (χ2n) is 2.02. The Morgan fingerprint density at radius 2 is 2.55 bits per heavy atom. The largest absolute Gasteiger partial charge is 0.381 e. The molecule has 5 heteroatoms. The van der Waals surface area contributed by atoms with Gasteiger partial charge in [0, 0.05) is 11.6 Å². The van der Waals surface area contributed by atoms with E-state index in [1.54, 1.807) is 10.7 Å². The van der Waals surface area contributed by atoms with Crippen molar-refractivity contribution in [2.45, 2.75) is 0 Å². The summed E-state index contributed by atoms with van der Waals surface area (Å²) in [6.07, 6.45) is 1.78. The van der Waals surface area contributed by atoms with Crippen LogP contribution in [0, 0.1) is 11.3 Å². The lowest BCUT2D eigenvalue weighted by atomic mass is 10.4. The second-order valence-corrected chi connectivity index (χ2v) is 2.92. The van der Waals surface area contributed by atoms with Gasteiger partial charge in [-0.3, -0.25) is 0 Å². The molecule has 0 saturated heterocycles. The fourth-order valence-electron chi connectivity index (χ4n) is 0.907. The van der Waals surface area contributed by atoms with E-state index in [0.29, 0.717) is 11.4 Å². The van der Waals surface area contributed by atoms with Crippen molar-refractivity contribution in [1.29, 1.82) is 5.26 Å². The fourth-order valence-corrected chi connectivity index (χ4v) is 1.69. The summed E-state index contributed by atoms with van der Waals surface area (Å²) in [5, 5.41) is 14.4. The number of anilines is 1. The van der Waals surface area contributed by atoms with E-state index in [4.69, 9.17) is 11.0 Å². The van der Waals surface area contributed by atoms with Gasteiger partial charge < -0.3 is 5.73 Å². The highest BCUT2D eigenvalue weighted by molar-refractivity contribution is 7.15. The molecule has 0 aliphatic rings. The number of hydrogen-bond acceptors (Lipinski definition) is 4. The standard InChI is InChI=1S/C6H4N4S/c7-3-4-5(8)9-10-1-2-11-6(4)10/h1-2H,(H2,8,9). The Labute approximate surface area is 66.5 Å². The Kier molecular flexibility index (Phi) is 1.11. The summed E-state index contributed by atoms with van der Waals surface area (Å²) in [5.41, 5.74) is 5.93. The normalized spacial score (nSPS) is 10.1. The third kappa shape index (κ3) is 0.700. The van der Waals surface area contributed by atoms with Gasteiger partial charge >= 0.3 is 0 Å². The van der Waals surface area contributed by atoms with Gasteiger partial charge in [-0.15, -0.1) is 16.4 Å². The van der Waals surface area contributed by atoms with Gasteiger partial charge in [0.2, 0.25) is 0 Å². The van der Waals surface area contributed by atoms with Crippen LogP contribution >= 0.6 is 11.3 Å². The van der Waals surface area contributed by atoms with Crippen LogP contribution in [0.3, 0.4) is 0 Å². The number of rotatable bonds is 0. The van der Waals surface area contributed by atoms with Crippen molar-refractivity contribution < 1.29 is 0 Å². The number of nitrogens with two attached hydrogens (primary N) is 1. The molecule has 0 saturated carbocycles. The van der Waals surface area contributed by atoms with Crippen LogP contribution < -0.4 is 5.73 Å². The molecule has 54 valence electrons. The number of nitrogens with zero attached hydrogens (tertiary/aromatic N) is 3. The van der Waals surface area contributed by atoms with Crippen molar-refractivity contribution in [2.24, 2.45) is 0 Å². The van der Waals surface area contributed by atoms with Crippen molar-refractivity contribution in [3.05, 3.63) is 17.1 Å². The summed E-state index contributed by atoms with van der Waals surface area (Å²) >= 11 is 1.46. The van der Waals surface area contributed by atoms with Crippen LogP contribution in [0.4, 0.5) is 5.82 Å². The van der Waals surface area contributed by atoms with Crippen LogP contribution in [0.25, 0.3) is 4.83 Å². The number of nitriles is 1. The molecule has 11 heavy (non-hydrogen) atoms. The molecular formula is C6H4N4S. The topological polar surface area (TPSA) is 67.1 Å². The van der Waals surface area contributed by atoms with Crippen molar-refractivity contribution in [3.63, 3.8) is 0 Å². The van der Waals surface area contributed by atoms with Gasteiger partial charge in [0.05, 0.1) is 0 Å². The van der Waals surface area contributed by atoms with Gasteiger partial charge in [-0.25, -0.2) is 4.52 Å². The summed E-state index contributed by atoms with van der Waals surface area (Å²) in [4.78, 5) is 0.810. The maximum absolute atomic E-state index is 8.65. The zero-order valence-electron chi connectivity index (χ0n) is 5.48. The van der Waals surface area contributed by atoms with Gasteiger partial charge in [-0.05, 0) is 0 Å². The van der Waals surface area contributed by atoms with Crippen LogP contribution in [0.5, 0.6) is 0 Å². The Balaban J connectivity index is 2.94. The first kappa shape index (κ1) is 6.19. The van der Waals surface area contributed by atoms with E-state index in [1.165, 1.54) is 11.3 Å². The quantitative estimate of drug-likeness (QED) is 0.627. The van der Waals surface area contributed by atoms with E-state index in [0.717, 1.165) is 4.83 Å². The van der Waals surface area contributed by atoms with E-state index < -0.39 is 0 Å². The molecule has 0 bridgehead atoms. The number of fused-ring (bicyclic) bond motifs is 1. The smallest absolute Gasteiger partial charge is 0.165 e. The molecule has 0 aliphatic heterocycles. The average Bonchev–Trinajstić information content (AvgIpc) is 2.46. The lowest BCUT2D eigenvalue weighted by Gasteiger charge is -1.78. The number of thiazole rings is 1. The minimum Gasteiger partial charge on any atom is -0.381 e. The van der Waals surface area contributed by atoms with Crippen LogP contribution in [-0.4, -0.2) is 9.61 Å². The molecule has 2 heterocycles. The summed E-state index contributed by atoms with van der Waals surface area (Å²) in [5.74, 6) is 0.305. The van der Waals surface area contributed by atoms with Crippen molar-refractivity contribution in [1.82, 2.24) is 9.61 Å². The predicted molar refractivity (Wildman–Crippen MR) is 42.2 cm³/mol. The molecule has 0 fully saturated rings. The number of aromatic nitrogens is 2. The first-order chi connectivity index (χ1) is 5.33. The van der Waals surface area contributed by atoms with Gasteiger partial charge in [-0.2, -0.15) is 5.26 Å². The molecule has 0 atom stereocenters. The summed E-state index contributed by atoms with van der Waals surface area (Å²) in [7, 11) is 0. The Hall–Kier alpha value is -1.54. The lowest BCUT2D eigenvalue weighted by molar-refractivity contribution is 0.985. The van der Waals surface area contributed by atoms with E-state index in [-0.39, 0.29) is 0 Å². The van der Waals surface area contributed by atoms with Crippen molar-refractivity contribution in [3.8, 4) is 6.07 Å². The Bertz CT molecular complexity index is 433. The Morgan fingerprint density at radius 3 is 3.27 bits per heavy atom. The Morgan fingerprint density at radius 1 is 1.73 bits per heavy atom. The van der Waals surface area contributed by atoms with Crippen LogP contribution in [0.15, 0.2) is 11.6 Å². The summed E-state index contributed by atoms with van der Waals surface area (Å²) in [6, 6.07) is 2.01. The number of hydrogen-bond donors (Lipinski definition) is 1. The van der Waals surface area contributed by atoms with E-state index in [1.807, 2.05) is 11.4 Å². The molecule has 0 aliphatic carbocycles. The molecule has 0 unspecified atom stereocenters. The molecule has 2 aromatic heterocycles. The number of nitrogen functional groups attached to an aromatic ring is 1. The van der Waals surface area contributed by atoms with Gasteiger partial charge in [0.1, 0.15) is 16.5 Å². The monoisotopic (exact) mass is 164 g/mol. The molecule has 0 amide bonds. The minimum absolute atomic E-state index is 0.305. The first-order valence-electron chi connectivity index (χ1n) is 2.94. The van der Waals surface area contributed by atoms with E-state index in [2.05, 4.69) is 5.10 Å². The third-order valence-electron chi connectivity index (χ3n) is 1.39. The van der Waals surface area contributed by atoms with Crippen molar-refractivity contribution >= 4 is 22.0 Å². The molecule has 2 aromatic rings. The van der Waals surface area contributed by atoms with Crippen LogP contribution in [0.1, 0.15) is 5.56 Å². The van der Waals surface area contributed by atoms with Gasteiger partial charge in [0.25, 0.3) is 0 Å². The molecule has 4 nitrogen and oxygen atoms in total. The molecule has 2 rings (SSSR count). The summed E-state index contributed by atoms with van der Waals surface area (Å²) in [6.45, 7) is 0. The van der Waals surface area contributed by atoms with E-state index >= 15 is 0 Å². The van der Waals surface area contributed by atoms with Gasteiger partial charge in [0.15, 0.2) is 5.82 Å². The minimum atomic E-state index is 0.305. The second kappa shape index (κ2) is 1.97. The van der Waals surface area contributed by atoms with Crippen molar-refractivity contribution in [2.75, 3.05) is 5.73 Å². The maximum atomic E-state index is 8.65. The highest BCUT2D eigenvalue weighted by atomic mass is 32.1. The molecule has 0 spiro atoms. The summed E-state index contributed by atoms with van der Waals surface area (Å²) < 4.78 is 1.61.